The lowest BCUT2D eigenvalue weighted by molar-refractivity contribution is -0.0753. The first-order chi connectivity index (χ1) is 6.15. The van der Waals surface area contributed by atoms with Gasteiger partial charge in [0.15, 0.2) is 0 Å². The molecule has 0 amide bonds. The molecular weight excluding hydrogens is 162 g/mol. The van der Waals surface area contributed by atoms with Crippen molar-refractivity contribution < 1.29 is 4.74 Å². The lowest BCUT2D eigenvalue weighted by Crippen LogP contribution is -2.66. The molecule has 2 unspecified atom stereocenters. The molecule has 2 fully saturated rings. The van der Waals surface area contributed by atoms with Crippen molar-refractivity contribution in [3.8, 4) is 0 Å². The first-order valence-electron chi connectivity index (χ1n) is 5.43. The maximum absolute atomic E-state index is 5.53. The summed E-state index contributed by atoms with van der Waals surface area (Å²) >= 11 is 0. The van der Waals surface area contributed by atoms with Gasteiger partial charge in [0, 0.05) is 19.7 Å². The van der Waals surface area contributed by atoms with Gasteiger partial charge in [0.05, 0.1) is 5.60 Å². The summed E-state index contributed by atoms with van der Waals surface area (Å²) in [7, 11) is 1.82. The zero-order chi connectivity index (χ0) is 9.47. The molecule has 2 rings (SSSR count). The third-order valence-electron chi connectivity index (χ3n) is 4.03. The van der Waals surface area contributed by atoms with E-state index in [0.717, 1.165) is 11.8 Å². The van der Waals surface area contributed by atoms with Crippen LogP contribution in [0.4, 0.5) is 0 Å². The van der Waals surface area contributed by atoms with Crippen LogP contribution in [0, 0.1) is 11.8 Å². The van der Waals surface area contributed by atoms with Crippen molar-refractivity contribution in [2.45, 2.75) is 44.8 Å². The summed E-state index contributed by atoms with van der Waals surface area (Å²) < 4.78 is 5.53. The van der Waals surface area contributed by atoms with Crippen molar-refractivity contribution in [1.29, 1.82) is 0 Å². The van der Waals surface area contributed by atoms with E-state index in [1.807, 2.05) is 7.11 Å². The lowest BCUT2D eigenvalue weighted by Gasteiger charge is -2.52. The third-order valence-corrected chi connectivity index (χ3v) is 4.03. The van der Waals surface area contributed by atoms with Crippen LogP contribution in [0.5, 0.6) is 0 Å². The summed E-state index contributed by atoms with van der Waals surface area (Å²) in [5, 5.41) is 3.51. The Hall–Kier alpha value is -0.0800. The van der Waals surface area contributed by atoms with E-state index in [1.165, 1.54) is 25.8 Å². The predicted octanol–water partition coefficient (Wildman–Crippen LogP) is 1.80. The quantitative estimate of drug-likeness (QED) is 0.720. The summed E-state index contributed by atoms with van der Waals surface area (Å²) in [6.07, 6.45) is 4.34. The van der Waals surface area contributed by atoms with E-state index >= 15 is 0 Å². The highest BCUT2D eigenvalue weighted by atomic mass is 16.5. The average molecular weight is 183 g/mol. The largest absolute Gasteiger partial charge is 0.377 e. The second-order valence-corrected chi connectivity index (χ2v) is 5.05. The number of ether oxygens (including phenoxy) is 1. The molecule has 76 valence electrons. The van der Waals surface area contributed by atoms with E-state index in [2.05, 4.69) is 19.2 Å². The summed E-state index contributed by atoms with van der Waals surface area (Å²) in [6, 6.07) is 0.586. The molecule has 1 saturated heterocycles. The van der Waals surface area contributed by atoms with Crippen LogP contribution >= 0.6 is 0 Å². The van der Waals surface area contributed by atoms with Gasteiger partial charge in [-0.25, -0.2) is 0 Å². The first-order valence-corrected chi connectivity index (χ1v) is 5.43. The van der Waals surface area contributed by atoms with Gasteiger partial charge in [-0.1, -0.05) is 19.3 Å². The fraction of sp³-hybridized carbons (Fsp3) is 1.00. The molecule has 13 heavy (non-hydrogen) atoms. The standard InChI is InChI=1S/C11H21NO/c1-11(2,13-3)10-9(7-12-10)8-5-4-6-8/h8-10,12H,4-7H2,1-3H3. The molecule has 2 heteroatoms. The summed E-state index contributed by atoms with van der Waals surface area (Å²) in [6.45, 7) is 5.59. The van der Waals surface area contributed by atoms with Crippen LogP contribution in [-0.2, 0) is 4.74 Å². The van der Waals surface area contributed by atoms with Crippen LogP contribution < -0.4 is 5.32 Å². The minimum atomic E-state index is 0.0124. The Morgan fingerprint density at radius 1 is 1.31 bits per heavy atom. The van der Waals surface area contributed by atoms with E-state index < -0.39 is 0 Å². The van der Waals surface area contributed by atoms with Crippen molar-refractivity contribution >= 4 is 0 Å². The van der Waals surface area contributed by atoms with Crippen molar-refractivity contribution in [3.63, 3.8) is 0 Å². The molecule has 2 atom stereocenters. The fourth-order valence-electron chi connectivity index (χ4n) is 2.57. The van der Waals surface area contributed by atoms with Crippen molar-refractivity contribution in [2.75, 3.05) is 13.7 Å². The van der Waals surface area contributed by atoms with Gasteiger partial charge in [-0.05, 0) is 25.7 Å². The van der Waals surface area contributed by atoms with Gasteiger partial charge < -0.3 is 10.1 Å². The van der Waals surface area contributed by atoms with E-state index in [9.17, 15) is 0 Å². The second kappa shape index (κ2) is 3.25. The van der Waals surface area contributed by atoms with E-state index in [0.29, 0.717) is 6.04 Å². The highest BCUT2D eigenvalue weighted by molar-refractivity contribution is 5.02. The smallest absolute Gasteiger partial charge is 0.0778 e. The number of methoxy groups -OCH3 is 1. The molecule has 2 aliphatic rings. The molecule has 1 aliphatic heterocycles. The number of hydrogen-bond donors (Lipinski definition) is 1. The van der Waals surface area contributed by atoms with Crippen molar-refractivity contribution in [1.82, 2.24) is 5.32 Å². The topological polar surface area (TPSA) is 21.3 Å². The van der Waals surface area contributed by atoms with Gasteiger partial charge in [-0.2, -0.15) is 0 Å². The van der Waals surface area contributed by atoms with Crippen LogP contribution in [0.1, 0.15) is 33.1 Å². The van der Waals surface area contributed by atoms with Crippen LogP contribution in [0.2, 0.25) is 0 Å². The molecule has 1 heterocycles. The van der Waals surface area contributed by atoms with Crippen LogP contribution in [-0.4, -0.2) is 25.3 Å². The van der Waals surface area contributed by atoms with Gasteiger partial charge in [0.2, 0.25) is 0 Å². The molecule has 0 aromatic carbocycles. The number of nitrogens with one attached hydrogen (secondary N) is 1. The molecule has 0 aromatic heterocycles. The summed E-state index contributed by atoms with van der Waals surface area (Å²) in [5.74, 6) is 1.87. The molecular formula is C11H21NO. The van der Waals surface area contributed by atoms with Crippen LogP contribution in [0.3, 0.4) is 0 Å². The zero-order valence-corrected chi connectivity index (χ0v) is 8.97. The van der Waals surface area contributed by atoms with Gasteiger partial charge in [0.1, 0.15) is 0 Å². The minimum Gasteiger partial charge on any atom is -0.377 e. The molecule has 0 radical (unpaired) electrons. The highest BCUT2D eigenvalue weighted by Gasteiger charge is 2.46. The number of rotatable bonds is 3. The van der Waals surface area contributed by atoms with Crippen molar-refractivity contribution in [2.24, 2.45) is 11.8 Å². The average Bonchev–Trinajstić information content (AvgIpc) is 1.93. The van der Waals surface area contributed by atoms with Gasteiger partial charge in [0.25, 0.3) is 0 Å². The summed E-state index contributed by atoms with van der Waals surface area (Å²) in [5.41, 5.74) is 0.0124. The Kier molecular flexibility index (Phi) is 2.37. The highest BCUT2D eigenvalue weighted by Crippen LogP contribution is 2.41. The Bertz CT molecular complexity index is 187. The number of hydrogen-bond acceptors (Lipinski definition) is 2. The normalized spacial score (nSPS) is 35.3. The van der Waals surface area contributed by atoms with Gasteiger partial charge >= 0.3 is 0 Å². The lowest BCUT2D eigenvalue weighted by atomic mass is 9.66. The maximum Gasteiger partial charge on any atom is 0.0778 e. The van der Waals surface area contributed by atoms with Crippen LogP contribution in [0.25, 0.3) is 0 Å². The molecule has 1 saturated carbocycles. The minimum absolute atomic E-state index is 0.0124. The molecule has 1 aliphatic carbocycles. The molecule has 2 nitrogen and oxygen atoms in total. The van der Waals surface area contributed by atoms with E-state index in [4.69, 9.17) is 4.74 Å². The monoisotopic (exact) mass is 183 g/mol. The zero-order valence-electron chi connectivity index (χ0n) is 8.97. The SMILES string of the molecule is COC(C)(C)C1NCC1C1CCC1. The Morgan fingerprint density at radius 3 is 2.31 bits per heavy atom. The third kappa shape index (κ3) is 1.50. The van der Waals surface area contributed by atoms with E-state index in [1.54, 1.807) is 0 Å². The molecule has 0 aromatic rings. The Balaban J connectivity index is 1.93. The van der Waals surface area contributed by atoms with Gasteiger partial charge in [-0.15, -0.1) is 0 Å². The molecule has 0 bridgehead atoms. The predicted molar refractivity (Wildman–Crippen MR) is 53.7 cm³/mol. The van der Waals surface area contributed by atoms with E-state index in [-0.39, 0.29) is 5.60 Å². The molecule has 0 spiro atoms. The fourth-order valence-corrected chi connectivity index (χ4v) is 2.57. The van der Waals surface area contributed by atoms with Gasteiger partial charge in [-0.3, -0.25) is 0 Å². The first kappa shape index (κ1) is 9.47. The Morgan fingerprint density at radius 2 is 2.00 bits per heavy atom. The maximum atomic E-state index is 5.53. The summed E-state index contributed by atoms with van der Waals surface area (Å²) in [4.78, 5) is 0. The van der Waals surface area contributed by atoms with Crippen molar-refractivity contribution in [3.05, 3.63) is 0 Å². The second-order valence-electron chi connectivity index (χ2n) is 5.05. The van der Waals surface area contributed by atoms with Crippen LogP contribution in [0.15, 0.2) is 0 Å². The Labute approximate surface area is 81.0 Å². The molecule has 1 N–H and O–H groups in total.